The normalized spacial score (nSPS) is 11.4. The number of rotatable bonds is 8. The van der Waals surface area contributed by atoms with Gasteiger partial charge in [0.05, 0.1) is 0 Å². The lowest BCUT2D eigenvalue weighted by Gasteiger charge is -2.08. The maximum atomic E-state index is 12.4. The molecule has 0 atom stereocenters. The molecule has 1 heterocycles. The number of aromatic nitrogens is 3. The van der Waals surface area contributed by atoms with Gasteiger partial charge in [0.1, 0.15) is 0 Å². The third kappa shape index (κ3) is 5.74. The van der Waals surface area contributed by atoms with Crippen molar-refractivity contribution >= 4 is 41.3 Å². The number of nitrogens with zero attached hydrogens (tertiary/aromatic N) is 3. The summed E-state index contributed by atoms with van der Waals surface area (Å²) in [5, 5.41) is 12.6. The Bertz CT molecular complexity index is 1030. The minimum absolute atomic E-state index is 0.243. The number of thioether (sulfide) groups is 1. The summed E-state index contributed by atoms with van der Waals surface area (Å²) in [6.07, 6.45) is 3.30. The third-order valence-corrected chi connectivity index (χ3v) is 6.00. The average Bonchev–Trinajstić information content (AvgIpc) is 3.13. The minimum atomic E-state index is -0.243. The van der Waals surface area contributed by atoms with Gasteiger partial charge in [0.15, 0.2) is 5.16 Å². The Morgan fingerprint density at radius 1 is 1.17 bits per heavy atom. The maximum absolute atomic E-state index is 12.4. The predicted molar refractivity (Wildman–Crippen MR) is 125 cm³/mol. The highest BCUT2D eigenvalue weighted by Gasteiger charge is 2.13. The molecular formula is C23H25ClN4OS. The van der Waals surface area contributed by atoms with Crippen LogP contribution in [0.15, 0.2) is 59.8 Å². The summed E-state index contributed by atoms with van der Waals surface area (Å²) >= 11 is 7.76. The number of hydrogen-bond acceptors (Lipinski definition) is 4. The second kappa shape index (κ2) is 10.5. The Morgan fingerprint density at radius 2 is 1.90 bits per heavy atom. The molecule has 1 aromatic heterocycles. The Balaban J connectivity index is 1.63. The van der Waals surface area contributed by atoms with Crippen LogP contribution in [-0.2, 0) is 17.1 Å². The summed E-state index contributed by atoms with van der Waals surface area (Å²) < 4.78 is 1.88. The molecule has 30 heavy (non-hydrogen) atoms. The van der Waals surface area contributed by atoms with Gasteiger partial charge in [0.25, 0.3) is 5.91 Å². The van der Waals surface area contributed by atoms with Crippen LogP contribution in [0.1, 0.15) is 43.4 Å². The fourth-order valence-corrected chi connectivity index (χ4v) is 4.13. The zero-order valence-electron chi connectivity index (χ0n) is 17.3. The van der Waals surface area contributed by atoms with Crippen molar-refractivity contribution in [1.82, 2.24) is 14.8 Å². The van der Waals surface area contributed by atoms with Crippen molar-refractivity contribution in [3.8, 4) is 0 Å². The fourth-order valence-electron chi connectivity index (χ4n) is 2.85. The van der Waals surface area contributed by atoms with Gasteiger partial charge < -0.3 is 0 Å². The molecule has 0 fully saturated rings. The van der Waals surface area contributed by atoms with Crippen LogP contribution in [0.5, 0.6) is 0 Å². The van der Waals surface area contributed by atoms with E-state index in [1.54, 1.807) is 6.08 Å². The average molecular weight is 441 g/mol. The number of hydrogen-bond donors (Lipinski definition) is 1. The number of halogens is 1. The van der Waals surface area contributed by atoms with Gasteiger partial charge >= 0.3 is 0 Å². The first-order valence-electron chi connectivity index (χ1n) is 9.86. The van der Waals surface area contributed by atoms with Crippen LogP contribution in [-0.4, -0.2) is 20.7 Å². The van der Waals surface area contributed by atoms with Crippen LogP contribution in [0.4, 0.5) is 5.95 Å². The van der Waals surface area contributed by atoms with E-state index >= 15 is 0 Å². The lowest BCUT2D eigenvalue weighted by atomic mass is 10.0. The lowest BCUT2D eigenvalue weighted by molar-refractivity contribution is -0.111. The van der Waals surface area contributed by atoms with Crippen LogP contribution in [0.25, 0.3) is 6.08 Å². The van der Waals surface area contributed by atoms with Crippen molar-refractivity contribution in [2.45, 2.75) is 44.1 Å². The quantitative estimate of drug-likeness (QED) is 0.343. The SMILES string of the molecule is CCn1c(NC(=O)/C=C/c2ccc(C(C)C)cc2)nnc1SCc1ccccc1Cl. The Kier molecular flexibility index (Phi) is 7.71. The largest absolute Gasteiger partial charge is 0.291 e. The summed E-state index contributed by atoms with van der Waals surface area (Å²) in [6, 6.07) is 15.9. The van der Waals surface area contributed by atoms with Crippen molar-refractivity contribution < 1.29 is 4.79 Å². The van der Waals surface area contributed by atoms with Gasteiger partial charge in [-0.1, -0.05) is 79.7 Å². The number of carbonyl (C=O) groups is 1. The van der Waals surface area contributed by atoms with Gasteiger partial charge in [0.2, 0.25) is 5.95 Å². The van der Waals surface area contributed by atoms with Crippen LogP contribution in [0.2, 0.25) is 5.02 Å². The van der Waals surface area contributed by atoms with Crippen LogP contribution < -0.4 is 5.32 Å². The van der Waals surface area contributed by atoms with Crippen molar-refractivity contribution in [3.63, 3.8) is 0 Å². The molecule has 0 aliphatic heterocycles. The van der Waals surface area contributed by atoms with Crippen molar-refractivity contribution in [3.05, 3.63) is 76.3 Å². The first-order chi connectivity index (χ1) is 14.5. The van der Waals surface area contributed by atoms with E-state index in [0.717, 1.165) is 21.3 Å². The van der Waals surface area contributed by atoms with Gasteiger partial charge in [-0.15, -0.1) is 10.2 Å². The Morgan fingerprint density at radius 3 is 2.57 bits per heavy atom. The summed E-state index contributed by atoms with van der Waals surface area (Å²) in [5.74, 6) is 1.35. The molecule has 0 saturated carbocycles. The number of nitrogens with one attached hydrogen (secondary N) is 1. The summed E-state index contributed by atoms with van der Waals surface area (Å²) in [7, 11) is 0. The maximum Gasteiger partial charge on any atom is 0.250 e. The van der Waals surface area contributed by atoms with E-state index < -0.39 is 0 Å². The highest BCUT2D eigenvalue weighted by Crippen LogP contribution is 2.27. The number of anilines is 1. The van der Waals surface area contributed by atoms with Gasteiger partial charge in [-0.3, -0.25) is 14.7 Å². The minimum Gasteiger partial charge on any atom is -0.291 e. The van der Waals surface area contributed by atoms with Gasteiger partial charge in [0, 0.05) is 23.4 Å². The van der Waals surface area contributed by atoms with E-state index in [0.29, 0.717) is 24.2 Å². The van der Waals surface area contributed by atoms with Gasteiger partial charge in [-0.2, -0.15) is 0 Å². The van der Waals surface area contributed by atoms with Crippen LogP contribution in [0.3, 0.4) is 0 Å². The molecule has 1 amide bonds. The second-order valence-electron chi connectivity index (χ2n) is 7.07. The zero-order valence-corrected chi connectivity index (χ0v) is 18.9. The Labute approximate surface area is 186 Å². The van der Waals surface area contributed by atoms with Crippen molar-refractivity contribution in [2.75, 3.05) is 5.32 Å². The van der Waals surface area contributed by atoms with E-state index in [-0.39, 0.29) is 5.91 Å². The molecule has 0 bridgehead atoms. The fraction of sp³-hybridized carbons (Fsp3) is 0.261. The molecule has 2 aromatic carbocycles. The zero-order chi connectivity index (χ0) is 21.5. The number of amides is 1. The summed E-state index contributed by atoms with van der Waals surface area (Å²) in [6.45, 7) is 6.95. The molecule has 7 heteroatoms. The molecule has 1 N–H and O–H groups in total. The van der Waals surface area contributed by atoms with Crippen molar-refractivity contribution in [2.24, 2.45) is 0 Å². The van der Waals surface area contributed by atoms with E-state index in [1.807, 2.05) is 47.9 Å². The molecule has 3 rings (SSSR count). The summed E-state index contributed by atoms with van der Waals surface area (Å²) in [4.78, 5) is 12.4. The number of benzene rings is 2. The molecule has 0 radical (unpaired) electrons. The number of carbonyl (C=O) groups excluding carboxylic acids is 1. The molecular weight excluding hydrogens is 416 g/mol. The highest BCUT2D eigenvalue weighted by molar-refractivity contribution is 7.98. The predicted octanol–water partition coefficient (Wildman–Crippen LogP) is 6.02. The molecule has 0 aliphatic rings. The standard InChI is InChI=1S/C23H25ClN4OS/c1-4-28-22(26-27-23(28)30-15-19-7-5-6-8-20(19)24)25-21(29)14-11-17-9-12-18(13-10-17)16(2)3/h5-14,16H,4,15H2,1-3H3,(H,25,26,29)/b14-11+. The molecule has 156 valence electrons. The molecule has 0 saturated heterocycles. The monoisotopic (exact) mass is 440 g/mol. The topological polar surface area (TPSA) is 59.8 Å². The van der Waals surface area contributed by atoms with E-state index in [1.165, 1.54) is 23.4 Å². The van der Waals surface area contributed by atoms with E-state index in [9.17, 15) is 4.79 Å². The summed E-state index contributed by atoms with van der Waals surface area (Å²) in [5.41, 5.74) is 3.28. The third-order valence-electron chi connectivity index (χ3n) is 4.61. The first kappa shape index (κ1) is 22.1. The molecule has 0 aliphatic carbocycles. The van der Waals surface area contributed by atoms with Crippen LogP contribution >= 0.6 is 23.4 Å². The Hall–Kier alpha value is -2.57. The van der Waals surface area contributed by atoms with E-state index in [4.69, 9.17) is 11.6 Å². The molecule has 3 aromatic rings. The van der Waals surface area contributed by atoms with Gasteiger partial charge in [-0.05, 0) is 41.7 Å². The first-order valence-corrected chi connectivity index (χ1v) is 11.2. The molecule has 0 unspecified atom stereocenters. The van der Waals surface area contributed by atoms with Crippen molar-refractivity contribution in [1.29, 1.82) is 0 Å². The second-order valence-corrected chi connectivity index (χ2v) is 8.42. The lowest BCUT2D eigenvalue weighted by Crippen LogP contribution is -2.13. The molecule has 5 nitrogen and oxygen atoms in total. The smallest absolute Gasteiger partial charge is 0.250 e. The van der Waals surface area contributed by atoms with Gasteiger partial charge in [-0.25, -0.2) is 0 Å². The molecule has 0 spiro atoms. The van der Waals surface area contributed by atoms with Crippen LogP contribution in [0, 0.1) is 0 Å². The van der Waals surface area contributed by atoms with E-state index in [2.05, 4.69) is 41.5 Å². The highest BCUT2D eigenvalue weighted by atomic mass is 35.5.